The second-order valence-corrected chi connectivity index (χ2v) is 6.00. The standard InChI is InChI=1S/C15H14ClN3OS2/c1-22-13-7-5-10(6-8-13)14(20)18-19-15(21)17-12-4-2-3-11(16)9-12/h2-9H,1H3,(H,18,20)(H2,17,19,21). The normalized spacial score (nSPS) is 9.91. The number of carbonyl (C=O) groups is 1. The Morgan fingerprint density at radius 1 is 1.14 bits per heavy atom. The average molecular weight is 352 g/mol. The van der Waals surface area contributed by atoms with Crippen LogP contribution in [-0.4, -0.2) is 17.3 Å². The van der Waals surface area contributed by atoms with Crippen LogP contribution >= 0.6 is 35.6 Å². The monoisotopic (exact) mass is 351 g/mol. The maximum absolute atomic E-state index is 12.0. The van der Waals surface area contributed by atoms with Crippen LogP contribution in [-0.2, 0) is 0 Å². The summed E-state index contributed by atoms with van der Waals surface area (Å²) < 4.78 is 0. The van der Waals surface area contributed by atoms with Gasteiger partial charge in [0.2, 0.25) is 0 Å². The van der Waals surface area contributed by atoms with Crippen LogP contribution < -0.4 is 16.2 Å². The van der Waals surface area contributed by atoms with Crippen molar-refractivity contribution in [3.8, 4) is 0 Å². The number of hydrogen-bond acceptors (Lipinski definition) is 3. The van der Waals surface area contributed by atoms with Crippen LogP contribution in [0, 0.1) is 0 Å². The van der Waals surface area contributed by atoms with E-state index in [1.165, 1.54) is 0 Å². The SMILES string of the molecule is CSc1ccc(C(=O)NNC(=S)Nc2cccc(Cl)c2)cc1. The number of amides is 1. The smallest absolute Gasteiger partial charge is 0.269 e. The third-order valence-electron chi connectivity index (χ3n) is 2.72. The molecule has 114 valence electrons. The molecule has 2 aromatic rings. The number of anilines is 1. The molecule has 0 saturated carbocycles. The molecule has 0 spiro atoms. The Bertz CT molecular complexity index is 677. The Balaban J connectivity index is 1.86. The van der Waals surface area contributed by atoms with Crippen LogP contribution in [0.15, 0.2) is 53.4 Å². The summed E-state index contributed by atoms with van der Waals surface area (Å²) in [5.74, 6) is -0.261. The van der Waals surface area contributed by atoms with Crippen molar-refractivity contribution in [2.24, 2.45) is 0 Å². The van der Waals surface area contributed by atoms with Crippen LogP contribution in [0.5, 0.6) is 0 Å². The second-order valence-electron chi connectivity index (χ2n) is 4.27. The summed E-state index contributed by atoms with van der Waals surface area (Å²) in [5, 5.41) is 3.80. The minimum Gasteiger partial charge on any atom is -0.331 e. The summed E-state index contributed by atoms with van der Waals surface area (Å²) in [4.78, 5) is 13.1. The number of hydrazine groups is 1. The number of hydrogen-bond donors (Lipinski definition) is 3. The molecular weight excluding hydrogens is 338 g/mol. The molecule has 2 aromatic carbocycles. The Labute approximate surface area is 143 Å². The molecule has 0 saturated heterocycles. The van der Waals surface area contributed by atoms with E-state index >= 15 is 0 Å². The van der Waals surface area contributed by atoms with E-state index < -0.39 is 0 Å². The maximum atomic E-state index is 12.0. The highest BCUT2D eigenvalue weighted by atomic mass is 35.5. The third-order valence-corrected chi connectivity index (χ3v) is 3.91. The van der Waals surface area contributed by atoms with Crippen molar-refractivity contribution in [2.45, 2.75) is 4.90 Å². The predicted octanol–water partition coefficient (Wildman–Crippen LogP) is 3.69. The number of benzene rings is 2. The molecule has 3 N–H and O–H groups in total. The van der Waals surface area contributed by atoms with Crippen LogP contribution in [0.2, 0.25) is 5.02 Å². The molecule has 7 heteroatoms. The van der Waals surface area contributed by atoms with Gasteiger partial charge >= 0.3 is 0 Å². The molecule has 0 aromatic heterocycles. The Morgan fingerprint density at radius 2 is 1.86 bits per heavy atom. The molecule has 0 radical (unpaired) electrons. The van der Waals surface area contributed by atoms with E-state index in [1.807, 2.05) is 24.5 Å². The number of carbonyl (C=O) groups excluding carboxylic acids is 1. The van der Waals surface area contributed by atoms with Crippen LogP contribution in [0.4, 0.5) is 5.69 Å². The van der Waals surface area contributed by atoms with Crippen molar-refractivity contribution in [1.82, 2.24) is 10.9 Å². The zero-order valence-corrected chi connectivity index (χ0v) is 14.1. The van der Waals surface area contributed by atoms with Crippen molar-refractivity contribution in [1.29, 1.82) is 0 Å². The summed E-state index contributed by atoms with van der Waals surface area (Å²) in [7, 11) is 0. The number of halogens is 1. The molecule has 0 aliphatic heterocycles. The fraction of sp³-hybridized carbons (Fsp3) is 0.0667. The van der Waals surface area contributed by atoms with Crippen molar-refractivity contribution in [2.75, 3.05) is 11.6 Å². The van der Waals surface area contributed by atoms with Crippen LogP contribution in [0.3, 0.4) is 0 Å². The zero-order valence-electron chi connectivity index (χ0n) is 11.7. The van der Waals surface area contributed by atoms with Gasteiger partial charge in [0.05, 0.1) is 0 Å². The van der Waals surface area contributed by atoms with Gasteiger partial charge in [-0.3, -0.25) is 15.6 Å². The van der Waals surface area contributed by atoms with E-state index in [1.54, 1.807) is 42.1 Å². The number of thiocarbonyl (C=S) groups is 1. The lowest BCUT2D eigenvalue weighted by atomic mass is 10.2. The van der Waals surface area contributed by atoms with E-state index in [2.05, 4.69) is 16.2 Å². The first-order chi connectivity index (χ1) is 10.6. The Hall–Kier alpha value is -1.76. The lowest BCUT2D eigenvalue weighted by Crippen LogP contribution is -2.43. The minimum absolute atomic E-state index is 0.261. The van der Waals surface area contributed by atoms with Crippen molar-refractivity contribution in [3.05, 3.63) is 59.1 Å². The fourth-order valence-electron chi connectivity index (χ4n) is 1.66. The molecule has 0 fully saturated rings. The van der Waals surface area contributed by atoms with Gasteiger partial charge in [0.25, 0.3) is 5.91 Å². The molecule has 2 rings (SSSR count). The summed E-state index contributed by atoms with van der Waals surface area (Å²) in [6.45, 7) is 0. The number of thioether (sulfide) groups is 1. The molecule has 0 atom stereocenters. The first kappa shape index (κ1) is 16.6. The number of rotatable bonds is 3. The van der Waals surface area contributed by atoms with Gasteiger partial charge < -0.3 is 5.32 Å². The average Bonchev–Trinajstić information content (AvgIpc) is 2.52. The highest BCUT2D eigenvalue weighted by molar-refractivity contribution is 7.98. The quantitative estimate of drug-likeness (QED) is 0.447. The van der Waals surface area contributed by atoms with E-state index in [9.17, 15) is 4.79 Å². The Morgan fingerprint density at radius 3 is 2.50 bits per heavy atom. The van der Waals surface area contributed by atoms with Gasteiger partial charge in [0, 0.05) is 21.2 Å². The van der Waals surface area contributed by atoms with Gasteiger partial charge in [0.1, 0.15) is 0 Å². The van der Waals surface area contributed by atoms with Gasteiger partial charge in [-0.2, -0.15) is 0 Å². The topological polar surface area (TPSA) is 53.2 Å². The molecule has 22 heavy (non-hydrogen) atoms. The first-order valence-electron chi connectivity index (χ1n) is 6.35. The highest BCUT2D eigenvalue weighted by Crippen LogP contribution is 2.15. The summed E-state index contributed by atoms with van der Waals surface area (Å²) in [6, 6.07) is 14.4. The molecule has 0 bridgehead atoms. The summed E-state index contributed by atoms with van der Waals surface area (Å²) >= 11 is 12.6. The molecular formula is C15H14ClN3OS2. The van der Waals surface area contributed by atoms with E-state index in [-0.39, 0.29) is 11.0 Å². The maximum Gasteiger partial charge on any atom is 0.269 e. The lowest BCUT2D eigenvalue weighted by Gasteiger charge is -2.12. The minimum atomic E-state index is -0.261. The highest BCUT2D eigenvalue weighted by Gasteiger charge is 2.05. The van der Waals surface area contributed by atoms with Crippen molar-refractivity contribution in [3.63, 3.8) is 0 Å². The molecule has 0 aliphatic carbocycles. The van der Waals surface area contributed by atoms with Crippen LogP contribution in [0.1, 0.15) is 10.4 Å². The van der Waals surface area contributed by atoms with Gasteiger partial charge in [-0.05, 0) is 60.9 Å². The van der Waals surface area contributed by atoms with E-state index in [0.717, 1.165) is 10.6 Å². The molecule has 1 amide bonds. The fourth-order valence-corrected chi connectivity index (χ4v) is 2.42. The van der Waals surface area contributed by atoms with Crippen molar-refractivity contribution < 1.29 is 4.79 Å². The first-order valence-corrected chi connectivity index (χ1v) is 8.36. The third kappa shape index (κ3) is 4.91. The molecule has 0 heterocycles. The molecule has 0 aliphatic rings. The van der Waals surface area contributed by atoms with Gasteiger partial charge in [0.15, 0.2) is 5.11 Å². The lowest BCUT2D eigenvalue weighted by molar-refractivity contribution is 0.0944. The zero-order chi connectivity index (χ0) is 15.9. The summed E-state index contributed by atoms with van der Waals surface area (Å²) in [6.07, 6.45) is 1.98. The number of nitrogens with one attached hydrogen (secondary N) is 3. The largest absolute Gasteiger partial charge is 0.331 e. The van der Waals surface area contributed by atoms with Gasteiger partial charge in [-0.1, -0.05) is 17.7 Å². The summed E-state index contributed by atoms with van der Waals surface area (Å²) in [5.41, 5.74) is 6.48. The predicted molar refractivity (Wildman–Crippen MR) is 96.5 cm³/mol. The van der Waals surface area contributed by atoms with E-state index in [4.69, 9.17) is 23.8 Å². The van der Waals surface area contributed by atoms with Gasteiger partial charge in [-0.15, -0.1) is 11.8 Å². The molecule has 4 nitrogen and oxygen atoms in total. The van der Waals surface area contributed by atoms with Crippen LogP contribution in [0.25, 0.3) is 0 Å². The Kier molecular flexibility index (Phi) is 6.06. The second kappa shape index (κ2) is 8.03. The van der Waals surface area contributed by atoms with E-state index in [0.29, 0.717) is 10.6 Å². The molecule has 0 unspecified atom stereocenters. The van der Waals surface area contributed by atoms with Gasteiger partial charge in [-0.25, -0.2) is 0 Å². The van der Waals surface area contributed by atoms with Crippen molar-refractivity contribution >= 4 is 52.3 Å².